The molecule has 1 saturated carbocycles. The quantitative estimate of drug-likeness (QED) is 0.635. The zero-order chi connectivity index (χ0) is 18.0. The number of nitro benzene ring substituents is 1. The number of rotatable bonds is 4. The van der Waals surface area contributed by atoms with Gasteiger partial charge in [-0.15, -0.1) is 0 Å². The molecule has 9 heteroatoms. The summed E-state index contributed by atoms with van der Waals surface area (Å²) in [6, 6.07) is 5.29. The zero-order valence-corrected chi connectivity index (χ0v) is 13.5. The predicted octanol–water partition coefficient (Wildman–Crippen LogP) is 2.32. The third-order valence-electron chi connectivity index (χ3n) is 4.91. The van der Waals surface area contributed by atoms with E-state index in [0.717, 1.165) is 12.8 Å². The van der Waals surface area contributed by atoms with Gasteiger partial charge in [-0.05, 0) is 42.7 Å². The van der Waals surface area contributed by atoms with Gasteiger partial charge in [-0.3, -0.25) is 10.1 Å². The van der Waals surface area contributed by atoms with Crippen molar-refractivity contribution in [2.24, 2.45) is 17.8 Å². The van der Waals surface area contributed by atoms with E-state index < -0.39 is 17.1 Å². The van der Waals surface area contributed by atoms with Crippen molar-refractivity contribution in [3.8, 4) is 5.75 Å². The van der Waals surface area contributed by atoms with E-state index >= 15 is 0 Å². The number of benzene rings is 1. The van der Waals surface area contributed by atoms with Crippen LogP contribution in [0.15, 0.2) is 24.3 Å². The lowest BCUT2D eigenvalue weighted by atomic mass is 10.0. The van der Waals surface area contributed by atoms with Crippen molar-refractivity contribution in [2.75, 3.05) is 19.6 Å². The number of ether oxygens (including phenoxy) is 1. The number of carboxylic acid groups (broad SMARTS) is 1. The molecule has 1 heterocycles. The number of fused-ring (bicyclic) bond motifs is 1. The highest BCUT2D eigenvalue weighted by molar-refractivity contribution is 5.70. The fraction of sp³-hybridized carbons (Fsp3) is 0.500. The third kappa shape index (κ3) is 3.98. The molecule has 2 aliphatic rings. The van der Waals surface area contributed by atoms with Gasteiger partial charge >= 0.3 is 12.2 Å². The van der Waals surface area contributed by atoms with Gasteiger partial charge in [0, 0.05) is 31.8 Å². The summed E-state index contributed by atoms with van der Waals surface area (Å²) >= 11 is 0. The van der Waals surface area contributed by atoms with Gasteiger partial charge in [0.1, 0.15) is 5.75 Å². The Bertz CT molecular complexity index is 663. The Morgan fingerprint density at radius 2 is 1.84 bits per heavy atom. The van der Waals surface area contributed by atoms with Crippen LogP contribution in [0.3, 0.4) is 0 Å². The number of non-ortho nitro benzene ring substituents is 1. The van der Waals surface area contributed by atoms with Gasteiger partial charge < -0.3 is 20.1 Å². The Balaban J connectivity index is 1.42. The number of hydrogen-bond acceptors (Lipinski definition) is 5. The molecule has 2 fully saturated rings. The number of carbonyl (C=O) groups excluding carboxylic acids is 1. The number of amides is 2. The highest BCUT2D eigenvalue weighted by Crippen LogP contribution is 2.41. The summed E-state index contributed by atoms with van der Waals surface area (Å²) in [6.45, 7) is 1.62. The van der Waals surface area contributed by atoms with Crippen LogP contribution in [0.25, 0.3) is 0 Å². The molecule has 1 aromatic rings. The molecule has 1 saturated heterocycles. The Labute approximate surface area is 143 Å². The van der Waals surface area contributed by atoms with Crippen LogP contribution in [0.1, 0.15) is 12.8 Å². The Morgan fingerprint density at radius 3 is 2.36 bits per heavy atom. The molecule has 1 aromatic carbocycles. The van der Waals surface area contributed by atoms with Crippen LogP contribution < -0.4 is 10.1 Å². The Kier molecular flexibility index (Phi) is 4.73. The van der Waals surface area contributed by atoms with E-state index in [0.29, 0.717) is 37.4 Å². The van der Waals surface area contributed by atoms with Gasteiger partial charge in [0.05, 0.1) is 4.92 Å². The summed E-state index contributed by atoms with van der Waals surface area (Å²) in [6.07, 6.45) is 0.326. The molecule has 9 nitrogen and oxygen atoms in total. The molecule has 2 N–H and O–H groups in total. The maximum absolute atomic E-state index is 11.8. The van der Waals surface area contributed by atoms with Crippen molar-refractivity contribution < 1.29 is 24.4 Å². The number of carbonyl (C=O) groups is 2. The summed E-state index contributed by atoms with van der Waals surface area (Å²) in [5, 5.41) is 22.3. The van der Waals surface area contributed by atoms with E-state index in [1.807, 2.05) is 0 Å². The fourth-order valence-electron chi connectivity index (χ4n) is 3.75. The van der Waals surface area contributed by atoms with Crippen molar-refractivity contribution in [3.05, 3.63) is 34.4 Å². The predicted molar refractivity (Wildman–Crippen MR) is 86.4 cm³/mol. The lowest BCUT2D eigenvalue weighted by molar-refractivity contribution is -0.384. The van der Waals surface area contributed by atoms with Crippen LogP contribution in [0.5, 0.6) is 5.75 Å². The molecule has 25 heavy (non-hydrogen) atoms. The average Bonchev–Trinajstić information content (AvgIpc) is 3.12. The minimum absolute atomic E-state index is 0.0688. The standard InChI is InChI=1S/C16H19N3O6/c20-15(25-14-3-1-13(2-4-14)19(23)24)17-7-10-5-11-8-18(16(21)22)9-12(11)6-10/h1-4,10-12H,5-9H2,(H,17,20)(H,21,22)/t10-,11-,12+. The number of nitro groups is 1. The van der Waals surface area contributed by atoms with E-state index in [1.165, 1.54) is 29.2 Å². The minimum atomic E-state index is -0.865. The molecule has 0 aromatic heterocycles. The molecule has 0 unspecified atom stereocenters. The summed E-state index contributed by atoms with van der Waals surface area (Å²) in [5.74, 6) is 1.29. The number of hydrogen-bond donors (Lipinski definition) is 2. The van der Waals surface area contributed by atoms with Crippen molar-refractivity contribution in [2.45, 2.75) is 12.8 Å². The molecule has 0 radical (unpaired) electrons. The lowest BCUT2D eigenvalue weighted by Crippen LogP contribution is -2.32. The van der Waals surface area contributed by atoms with Crippen LogP contribution in [-0.2, 0) is 0 Å². The topological polar surface area (TPSA) is 122 Å². The molecule has 0 bridgehead atoms. The molecule has 1 aliphatic heterocycles. The SMILES string of the molecule is O=C(NC[C@@H]1C[C@@H]2CN(C(=O)O)C[C@@H]2C1)Oc1ccc([N+](=O)[O-])cc1. The lowest BCUT2D eigenvalue weighted by Gasteiger charge is -2.16. The van der Waals surface area contributed by atoms with Gasteiger partial charge in [0.2, 0.25) is 0 Å². The van der Waals surface area contributed by atoms with E-state index in [-0.39, 0.29) is 11.4 Å². The Morgan fingerprint density at radius 1 is 1.24 bits per heavy atom. The second kappa shape index (κ2) is 6.96. The zero-order valence-electron chi connectivity index (χ0n) is 13.5. The second-order valence-electron chi connectivity index (χ2n) is 6.57. The summed E-state index contributed by atoms with van der Waals surface area (Å²) in [7, 11) is 0. The van der Waals surface area contributed by atoms with Gasteiger partial charge in [-0.1, -0.05) is 0 Å². The minimum Gasteiger partial charge on any atom is -0.465 e. The summed E-state index contributed by atoms with van der Waals surface area (Å²) in [4.78, 5) is 34.3. The van der Waals surface area contributed by atoms with Gasteiger partial charge in [0.25, 0.3) is 5.69 Å². The van der Waals surface area contributed by atoms with Crippen molar-refractivity contribution in [1.82, 2.24) is 10.2 Å². The second-order valence-corrected chi connectivity index (χ2v) is 6.57. The first-order valence-corrected chi connectivity index (χ1v) is 8.10. The Hall–Kier alpha value is -2.84. The van der Waals surface area contributed by atoms with Crippen molar-refractivity contribution in [3.63, 3.8) is 0 Å². The third-order valence-corrected chi connectivity index (χ3v) is 4.91. The molecule has 134 valence electrons. The van der Waals surface area contributed by atoms with Gasteiger partial charge in [-0.2, -0.15) is 0 Å². The van der Waals surface area contributed by atoms with Crippen molar-refractivity contribution in [1.29, 1.82) is 0 Å². The molecule has 3 atom stereocenters. The van der Waals surface area contributed by atoms with E-state index in [2.05, 4.69) is 5.32 Å². The van der Waals surface area contributed by atoms with Crippen LogP contribution in [0.2, 0.25) is 0 Å². The highest BCUT2D eigenvalue weighted by atomic mass is 16.6. The van der Waals surface area contributed by atoms with E-state index in [9.17, 15) is 19.7 Å². The molecule has 2 amide bonds. The molecule has 1 aliphatic carbocycles. The first kappa shape index (κ1) is 17.0. The van der Waals surface area contributed by atoms with Gasteiger partial charge in [0.15, 0.2) is 0 Å². The van der Waals surface area contributed by atoms with E-state index in [1.54, 1.807) is 0 Å². The maximum atomic E-state index is 11.8. The molecular formula is C16H19N3O6. The van der Waals surface area contributed by atoms with Crippen LogP contribution in [-0.4, -0.2) is 46.8 Å². The first-order valence-electron chi connectivity index (χ1n) is 8.10. The fourth-order valence-corrected chi connectivity index (χ4v) is 3.75. The first-order chi connectivity index (χ1) is 11.9. The number of nitrogens with one attached hydrogen (secondary N) is 1. The maximum Gasteiger partial charge on any atom is 0.412 e. The smallest absolute Gasteiger partial charge is 0.412 e. The number of likely N-dealkylation sites (tertiary alicyclic amines) is 1. The summed E-state index contributed by atoms with van der Waals surface area (Å²) < 4.78 is 5.09. The van der Waals surface area contributed by atoms with Crippen molar-refractivity contribution >= 4 is 17.9 Å². The number of nitrogens with zero attached hydrogens (tertiary/aromatic N) is 2. The molecular weight excluding hydrogens is 330 g/mol. The van der Waals surface area contributed by atoms with Crippen LogP contribution in [0, 0.1) is 27.9 Å². The largest absolute Gasteiger partial charge is 0.465 e. The van der Waals surface area contributed by atoms with Crippen LogP contribution in [0.4, 0.5) is 15.3 Å². The summed E-state index contributed by atoms with van der Waals surface area (Å²) in [5.41, 5.74) is -0.0688. The normalized spacial score (nSPS) is 24.6. The highest BCUT2D eigenvalue weighted by Gasteiger charge is 2.42. The van der Waals surface area contributed by atoms with Crippen LogP contribution >= 0.6 is 0 Å². The molecule has 3 rings (SSSR count). The van der Waals surface area contributed by atoms with E-state index in [4.69, 9.17) is 9.84 Å². The average molecular weight is 349 g/mol. The monoisotopic (exact) mass is 349 g/mol. The van der Waals surface area contributed by atoms with Gasteiger partial charge in [-0.25, -0.2) is 9.59 Å². The molecule has 0 spiro atoms.